The summed E-state index contributed by atoms with van der Waals surface area (Å²) in [5.41, 5.74) is 7.31. The van der Waals surface area contributed by atoms with E-state index in [4.69, 9.17) is 10.5 Å². The maximum Gasteiger partial charge on any atom is 0.222 e. The number of carbonyl (C=O) groups excluding carboxylic acids is 1. The number of piperidine rings is 1. The van der Waals surface area contributed by atoms with Crippen molar-refractivity contribution in [2.45, 2.75) is 57.5 Å². The molecule has 0 aliphatic carbocycles. The fraction of sp³-hybridized carbons (Fsp3) is 0.632. The van der Waals surface area contributed by atoms with Gasteiger partial charge in [-0.1, -0.05) is 30.3 Å². The first-order valence-electron chi connectivity index (χ1n) is 8.85. The smallest absolute Gasteiger partial charge is 0.222 e. The van der Waals surface area contributed by atoms with Gasteiger partial charge in [0.15, 0.2) is 0 Å². The molecule has 0 aromatic heterocycles. The van der Waals surface area contributed by atoms with Crippen LogP contribution in [0.4, 0.5) is 0 Å². The largest absolute Gasteiger partial charge is 0.381 e. The highest BCUT2D eigenvalue weighted by atomic mass is 35.5. The van der Waals surface area contributed by atoms with Crippen LogP contribution >= 0.6 is 12.4 Å². The normalized spacial score (nSPS) is 18.8. The molecule has 0 radical (unpaired) electrons. The summed E-state index contributed by atoms with van der Waals surface area (Å²) in [6.45, 7) is 4.22. The first-order valence-corrected chi connectivity index (χ1v) is 8.85. The van der Waals surface area contributed by atoms with Crippen molar-refractivity contribution >= 4 is 18.3 Å². The van der Waals surface area contributed by atoms with E-state index in [2.05, 4.69) is 12.1 Å². The molecule has 1 aliphatic heterocycles. The molecule has 136 valence electrons. The minimum atomic E-state index is 0. The standard InChI is InChI=1S/C19H30N2O2.ClH/c1-16(20)18-10-5-6-13-21(18)19(22)11-7-14-23-15-12-17-8-3-2-4-9-17;/h2-4,8-9,16,18H,5-7,10-15,20H2,1H3;1H. The number of nitrogens with two attached hydrogens (primary N) is 1. The van der Waals surface area contributed by atoms with E-state index >= 15 is 0 Å². The molecule has 2 N–H and O–H groups in total. The summed E-state index contributed by atoms with van der Waals surface area (Å²) >= 11 is 0. The fourth-order valence-electron chi connectivity index (χ4n) is 3.22. The molecular weight excluding hydrogens is 324 g/mol. The molecular formula is C19H31ClN2O2. The number of rotatable bonds is 8. The highest BCUT2D eigenvalue weighted by molar-refractivity contribution is 5.85. The van der Waals surface area contributed by atoms with Crippen molar-refractivity contribution in [1.82, 2.24) is 4.90 Å². The van der Waals surface area contributed by atoms with Gasteiger partial charge in [-0.3, -0.25) is 4.79 Å². The van der Waals surface area contributed by atoms with Crippen molar-refractivity contribution in [3.05, 3.63) is 35.9 Å². The van der Waals surface area contributed by atoms with Gasteiger partial charge in [-0.05, 0) is 44.6 Å². The van der Waals surface area contributed by atoms with Gasteiger partial charge >= 0.3 is 0 Å². The van der Waals surface area contributed by atoms with Gasteiger partial charge in [0.05, 0.1) is 6.61 Å². The lowest BCUT2D eigenvalue weighted by Gasteiger charge is -2.38. The van der Waals surface area contributed by atoms with Crippen molar-refractivity contribution in [2.75, 3.05) is 19.8 Å². The highest BCUT2D eigenvalue weighted by Gasteiger charge is 2.28. The lowest BCUT2D eigenvalue weighted by molar-refractivity contribution is -0.135. The Labute approximate surface area is 152 Å². The maximum atomic E-state index is 12.4. The van der Waals surface area contributed by atoms with Crippen molar-refractivity contribution < 1.29 is 9.53 Å². The second kappa shape index (κ2) is 11.5. The molecule has 2 unspecified atom stereocenters. The van der Waals surface area contributed by atoms with Crippen molar-refractivity contribution in [3.63, 3.8) is 0 Å². The average Bonchev–Trinajstić information content (AvgIpc) is 2.58. The van der Waals surface area contributed by atoms with E-state index in [9.17, 15) is 4.79 Å². The van der Waals surface area contributed by atoms with Crippen LogP contribution in [0, 0.1) is 0 Å². The Morgan fingerprint density at radius 2 is 2.04 bits per heavy atom. The Balaban J connectivity index is 0.00000288. The summed E-state index contributed by atoms with van der Waals surface area (Å²) in [5.74, 6) is 0.235. The first-order chi connectivity index (χ1) is 11.2. The Morgan fingerprint density at radius 3 is 2.75 bits per heavy atom. The molecule has 1 aliphatic rings. The fourth-order valence-corrected chi connectivity index (χ4v) is 3.22. The highest BCUT2D eigenvalue weighted by Crippen LogP contribution is 2.20. The van der Waals surface area contributed by atoms with E-state index < -0.39 is 0 Å². The molecule has 1 aromatic carbocycles. The van der Waals surface area contributed by atoms with Crippen LogP contribution in [0.1, 0.15) is 44.6 Å². The Kier molecular flexibility index (Phi) is 9.99. The van der Waals surface area contributed by atoms with Crippen LogP contribution < -0.4 is 5.73 Å². The number of hydrogen-bond acceptors (Lipinski definition) is 3. The van der Waals surface area contributed by atoms with E-state index in [1.807, 2.05) is 30.0 Å². The number of nitrogens with zero attached hydrogens (tertiary/aromatic N) is 1. The number of likely N-dealkylation sites (tertiary alicyclic amines) is 1. The van der Waals surface area contributed by atoms with E-state index in [1.165, 1.54) is 12.0 Å². The second-order valence-corrected chi connectivity index (χ2v) is 6.46. The molecule has 0 saturated carbocycles. The van der Waals surface area contributed by atoms with Crippen molar-refractivity contribution in [2.24, 2.45) is 5.73 Å². The van der Waals surface area contributed by atoms with Gasteiger partial charge < -0.3 is 15.4 Å². The van der Waals surface area contributed by atoms with E-state index in [1.54, 1.807) is 0 Å². The first kappa shape index (κ1) is 20.9. The van der Waals surface area contributed by atoms with Gasteiger partial charge in [-0.15, -0.1) is 12.4 Å². The summed E-state index contributed by atoms with van der Waals surface area (Å²) in [6, 6.07) is 10.6. The lowest BCUT2D eigenvalue weighted by atomic mass is 9.96. The second-order valence-electron chi connectivity index (χ2n) is 6.46. The molecule has 2 atom stereocenters. The zero-order chi connectivity index (χ0) is 16.5. The third kappa shape index (κ3) is 6.80. The number of carbonyl (C=O) groups is 1. The van der Waals surface area contributed by atoms with Gasteiger partial charge in [-0.25, -0.2) is 0 Å². The van der Waals surface area contributed by atoms with Gasteiger partial charge in [0.2, 0.25) is 5.91 Å². The third-order valence-corrected chi connectivity index (χ3v) is 4.53. The minimum absolute atomic E-state index is 0. The van der Waals surface area contributed by atoms with Crippen molar-refractivity contribution in [1.29, 1.82) is 0 Å². The van der Waals surface area contributed by atoms with Crippen LogP contribution in [0.25, 0.3) is 0 Å². The third-order valence-electron chi connectivity index (χ3n) is 4.53. The Bertz CT molecular complexity index is 468. The summed E-state index contributed by atoms with van der Waals surface area (Å²) in [6.07, 6.45) is 5.59. The number of amides is 1. The monoisotopic (exact) mass is 354 g/mol. The zero-order valence-corrected chi connectivity index (χ0v) is 15.5. The molecule has 0 bridgehead atoms. The SMILES string of the molecule is CC(N)C1CCCCN1C(=O)CCCOCCc1ccccc1.Cl. The van der Waals surface area contributed by atoms with Crippen LogP contribution in [-0.2, 0) is 16.0 Å². The quantitative estimate of drug-likeness (QED) is 0.729. The molecule has 1 saturated heterocycles. The molecule has 1 amide bonds. The summed E-state index contributed by atoms with van der Waals surface area (Å²) in [7, 11) is 0. The van der Waals surface area contributed by atoms with Crippen LogP contribution in [0.15, 0.2) is 30.3 Å². The van der Waals surface area contributed by atoms with Gasteiger partial charge in [0, 0.05) is 31.7 Å². The molecule has 0 spiro atoms. The van der Waals surface area contributed by atoms with Crippen LogP contribution in [0.3, 0.4) is 0 Å². The van der Waals surface area contributed by atoms with E-state index in [0.29, 0.717) is 19.6 Å². The molecule has 4 nitrogen and oxygen atoms in total. The maximum absolute atomic E-state index is 12.4. The number of halogens is 1. The molecule has 24 heavy (non-hydrogen) atoms. The number of hydrogen-bond donors (Lipinski definition) is 1. The minimum Gasteiger partial charge on any atom is -0.381 e. The Hall–Kier alpha value is -1.10. The van der Waals surface area contributed by atoms with Crippen LogP contribution in [-0.4, -0.2) is 42.6 Å². The number of benzene rings is 1. The van der Waals surface area contributed by atoms with E-state index in [-0.39, 0.29) is 30.4 Å². The Morgan fingerprint density at radius 1 is 1.29 bits per heavy atom. The summed E-state index contributed by atoms with van der Waals surface area (Å²) < 4.78 is 5.65. The molecule has 2 rings (SSSR count). The predicted octanol–water partition coefficient (Wildman–Crippen LogP) is 3.18. The van der Waals surface area contributed by atoms with Crippen LogP contribution in [0.2, 0.25) is 0 Å². The van der Waals surface area contributed by atoms with Gasteiger partial charge in [-0.2, -0.15) is 0 Å². The predicted molar refractivity (Wildman–Crippen MR) is 100 cm³/mol. The van der Waals surface area contributed by atoms with Crippen molar-refractivity contribution in [3.8, 4) is 0 Å². The van der Waals surface area contributed by atoms with E-state index in [0.717, 1.165) is 32.2 Å². The lowest BCUT2D eigenvalue weighted by Crippen LogP contribution is -2.51. The van der Waals surface area contributed by atoms with Gasteiger partial charge in [0.1, 0.15) is 0 Å². The summed E-state index contributed by atoms with van der Waals surface area (Å²) in [5, 5.41) is 0. The average molecular weight is 355 g/mol. The molecule has 1 heterocycles. The summed E-state index contributed by atoms with van der Waals surface area (Å²) in [4.78, 5) is 14.4. The molecule has 1 aromatic rings. The zero-order valence-electron chi connectivity index (χ0n) is 14.7. The van der Waals surface area contributed by atoms with Crippen LogP contribution in [0.5, 0.6) is 0 Å². The number of ether oxygens (including phenoxy) is 1. The molecule has 5 heteroatoms. The molecule has 1 fully saturated rings. The van der Waals surface area contributed by atoms with Gasteiger partial charge in [0.25, 0.3) is 0 Å². The topological polar surface area (TPSA) is 55.6 Å².